The fourth-order valence-corrected chi connectivity index (χ4v) is 3.35. The Morgan fingerprint density at radius 1 is 1.24 bits per heavy atom. The molecular weight excluding hydrogens is 316 g/mol. The highest BCUT2D eigenvalue weighted by Gasteiger charge is 2.39. The number of carbonyl (C=O) groups excluding carboxylic acids is 2. The zero-order valence-electron chi connectivity index (χ0n) is 14.4. The number of hydrogen-bond donors (Lipinski definition) is 2. The molecule has 1 fully saturated rings. The van der Waals surface area contributed by atoms with Gasteiger partial charge in [0.05, 0.1) is 11.3 Å². The average Bonchev–Trinajstić information content (AvgIpc) is 3.03. The molecule has 2 heterocycles. The van der Waals surface area contributed by atoms with Gasteiger partial charge in [0.1, 0.15) is 6.04 Å². The summed E-state index contributed by atoms with van der Waals surface area (Å²) in [6.07, 6.45) is 2.16. The van der Waals surface area contributed by atoms with Gasteiger partial charge in [-0.2, -0.15) is 0 Å². The molecule has 1 saturated heterocycles. The van der Waals surface area contributed by atoms with Crippen LogP contribution in [0.4, 0.5) is 0 Å². The van der Waals surface area contributed by atoms with E-state index in [0.717, 1.165) is 11.1 Å². The van der Waals surface area contributed by atoms with E-state index in [1.165, 1.54) is 0 Å². The van der Waals surface area contributed by atoms with Crippen molar-refractivity contribution < 1.29 is 9.59 Å². The van der Waals surface area contributed by atoms with E-state index < -0.39 is 6.04 Å². The largest absolute Gasteiger partial charge is 0.357 e. The number of nitrogens with one attached hydrogen (secondary N) is 1. The molecule has 3 N–H and O–H groups in total. The number of likely N-dealkylation sites (tertiary alicyclic amines) is 1. The number of carbonyl (C=O) groups is 2. The Morgan fingerprint density at radius 3 is 2.64 bits per heavy atom. The molecule has 0 aliphatic carbocycles. The number of likely N-dealkylation sites (N-methyl/N-ethyl adjacent to an activating group) is 1. The molecule has 130 valence electrons. The molecule has 0 spiro atoms. The summed E-state index contributed by atoms with van der Waals surface area (Å²) in [5, 5.41) is 2.62. The first-order valence-corrected chi connectivity index (χ1v) is 8.32. The molecule has 1 aliphatic heterocycles. The van der Waals surface area contributed by atoms with Gasteiger partial charge in [-0.15, -0.1) is 0 Å². The maximum Gasteiger partial charge on any atom is 0.257 e. The highest BCUT2D eigenvalue weighted by atomic mass is 16.2. The molecule has 25 heavy (non-hydrogen) atoms. The zero-order valence-corrected chi connectivity index (χ0v) is 14.4. The SMILES string of the molecule is CNC(=O)[C@@H]1C[C@@H](N)CN1C(=O)c1c(-c2ccccc2)ccnc1C. The Morgan fingerprint density at radius 2 is 1.96 bits per heavy atom. The molecule has 2 aromatic rings. The average molecular weight is 338 g/mol. The van der Waals surface area contributed by atoms with Gasteiger partial charge in [0.15, 0.2) is 0 Å². The Balaban J connectivity index is 2.04. The van der Waals surface area contributed by atoms with Gasteiger partial charge in [-0.3, -0.25) is 14.6 Å². The maximum atomic E-state index is 13.3. The second kappa shape index (κ2) is 7.03. The Bertz CT molecular complexity index is 791. The molecule has 0 unspecified atom stereocenters. The summed E-state index contributed by atoms with van der Waals surface area (Å²) in [5.74, 6) is -0.393. The summed E-state index contributed by atoms with van der Waals surface area (Å²) < 4.78 is 0. The monoisotopic (exact) mass is 338 g/mol. The molecule has 2 atom stereocenters. The number of nitrogens with two attached hydrogens (primary N) is 1. The smallest absolute Gasteiger partial charge is 0.257 e. The molecule has 3 rings (SSSR count). The van der Waals surface area contributed by atoms with Crippen LogP contribution >= 0.6 is 0 Å². The summed E-state index contributed by atoms with van der Waals surface area (Å²) in [4.78, 5) is 31.3. The van der Waals surface area contributed by atoms with Crippen LogP contribution in [-0.4, -0.2) is 47.4 Å². The van der Waals surface area contributed by atoms with Crippen LogP contribution in [0.5, 0.6) is 0 Å². The fraction of sp³-hybridized carbons (Fsp3) is 0.316. The number of aromatic nitrogens is 1. The Labute approximate surface area is 147 Å². The van der Waals surface area contributed by atoms with Crippen molar-refractivity contribution in [2.45, 2.75) is 25.4 Å². The second-order valence-electron chi connectivity index (χ2n) is 6.27. The van der Waals surface area contributed by atoms with Crippen LogP contribution in [-0.2, 0) is 4.79 Å². The van der Waals surface area contributed by atoms with Crippen LogP contribution in [0.25, 0.3) is 11.1 Å². The first-order valence-electron chi connectivity index (χ1n) is 8.32. The first kappa shape index (κ1) is 17.1. The van der Waals surface area contributed by atoms with Crippen LogP contribution in [0.2, 0.25) is 0 Å². The van der Waals surface area contributed by atoms with E-state index in [4.69, 9.17) is 5.73 Å². The van der Waals surface area contributed by atoms with Gasteiger partial charge in [-0.1, -0.05) is 30.3 Å². The lowest BCUT2D eigenvalue weighted by molar-refractivity contribution is -0.124. The summed E-state index contributed by atoms with van der Waals surface area (Å²) in [5.41, 5.74) is 8.94. The van der Waals surface area contributed by atoms with E-state index in [2.05, 4.69) is 10.3 Å². The number of benzene rings is 1. The molecule has 0 radical (unpaired) electrons. The standard InChI is InChI=1S/C19H22N4O2/c1-12-17(15(8-9-22-12)13-6-4-3-5-7-13)19(25)23-11-14(20)10-16(23)18(24)21-2/h3-9,14,16H,10-11,20H2,1-2H3,(H,21,24)/t14-,16+/m1/s1. The predicted molar refractivity (Wildman–Crippen MR) is 95.9 cm³/mol. The second-order valence-corrected chi connectivity index (χ2v) is 6.27. The van der Waals surface area contributed by atoms with E-state index in [9.17, 15) is 9.59 Å². The third kappa shape index (κ3) is 3.25. The van der Waals surface area contributed by atoms with Crippen molar-refractivity contribution >= 4 is 11.8 Å². The van der Waals surface area contributed by atoms with Crippen molar-refractivity contribution in [2.75, 3.05) is 13.6 Å². The number of hydrogen-bond acceptors (Lipinski definition) is 4. The minimum absolute atomic E-state index is 0.191. The van der Waals surface area contributed by atoms with Crippen molar-refractivity contribution in [3.8, 4) is 11.1 Å². The van der Waals surface area contributed by atoms with Crippen LogP contribution < -0.4 is 11.1 Å². The van der Waals surface area contributed by atoms with E-state index >= 15 is 0 Å². The maximum absolute atomic E-state index is 13.3. The molecule has 6 heteroatoms. The number of aryl methyl sites for hydroxylation is 1. The lowest BCUT2D eigenvalue weighted by Crippen LogP contribution is -2.45. The van der Waals surface area contributed by atoms with Crippen LogP contribution in [0.3, 0.4) is 0 Å². The van der Waals surface area contributed by atoms with Gasteiger partial charge in [-0.25, -0.2) is 0 Å². The molecule has 2 amide bonds. The van der Waals surface area contributed by atoms with Crippen molar-refractivity contribution in [1.82, 2.24) is 15.2 Å². The molecule has 0 bridgehead atoms. The van der Waals surface area contributed by atoms with Crippen molar-refractivity contribution in [2.24, 2.45) is 5.73 Å². The van der Waals surface area contributed by atoms with Gasteiger partial charge < -0.3 is 16.0 Å². The summed E-state index contributed by atoms with van der Waals surface area (Å²) in [6, 6.07) is 10.8. The fourth-order valence-electron chi connectivity index (χ4n) is 3.35. The first-order chi connectivity index (χ1) is 12.0. The Kier molecular flexibility index (Phi) is 4.81. The molecule has 1 aromatic carbocycles. The number of rotatable bonds is 3. The molecule has 6 nitrogen and oxygen atoms in total. The van der Waals surface area contributed by atoms with Gasteiger partial charge in [0.25, 0.3) is 5.91 Å². The topological polar surface area (TPSA) is 88.3 Å². The van der Waals surface area contributed by atoms with Gasteiger partial charge in [0.2, 0.25) is 5.91 Å². The minimum Gasteiger partial charge on any atom is -0.357 e. The zero-order chi connectivity index (χ0) is 18.0. The predicted octanol–water partition coefficient (Wildman–Crippen LogP) is 1.34. The van der Waals surface area contributed by atoms with E-state index in [1.807, 2.05) is 43.3 Å². The lowest BCUT2D eigenvalue weighted by Gasteiger charge is -2.25. The summed E-state index contributed by atoms with van der Waals surface area (Å²) in [6.45, 7) is 2.17. The van der Waals surface area contributed by atoms with E-state index in [-0.39, 0.29) is 17.9 Å². The minimum atomic E-state index is -0.546. The highest BCUT2D eigenvalue weighted by Crippen LogP contribution is 2.28. The van der Waals surface area contributed by atoms with Crippen molar-refractivity contribution in [1.29, 1.82) is 0 Å². The third-order valence-corrected chi connectivity index (χ3v) is 4.58. The normalized spacial score (nSPS) is 19.7. The highest BCUT2D eigenvalue weighted by molar-refractivity contribution is 6.04. The van der Waals surface area contributed by atoms with Crippen LogP contribution in [0, 0.1) is 6.92 Å². The third-order valence-electron chi connectivity index (χ3n) is 4.58. The molecule has 0 saturated carbocycles. The molecular formula is C19H22N4O2. The van der Waals surface area contributed by atoms with Gasteiger partial charge in [0, 0.05) is 25.8 Å². The van der Waals surface area contributed by atoms with Crippen molar-refractivity contribution in [3.63, 3.8) is 0 Å². The Hall–Kier alpha value is -2.73. The van der Waals surface area contributed by atoms with Crippen molar-refractivity contribution in [3.05, 3.63) is 53.9 Å². The number of amides is 2. The van der Waals surface area contributed by atoms with E-state index in [1.54, 1.807) is 18.1 Å². The van der Waals surface area contributed by atoms with Gasteiger partial charge in [-0.05, 0) is 30.5 Å². The van der Waals surface area contributed by atoms with Gasteiger partial charge >= 0.3 is 0 Å². The lowest BCUT2D eigenvalue weighted by atomic mass is 9.98. The molecule has 1 aromatic heterocycles. The van der Waals surface area contributed by atoms with Crippen LogP contribution in [0.1, 0.15) is 22.5 Å². The number of nitrogens with zero attached hydrogens (tertiary/aromatic N) is 2. The van der Waals surface area contributed by atoms with E-state index in [0.29, 0.717) is 24.2 Å². The number of pyridine rings is 1. The summed E-state index contributed by atoms with van der Waals surface area (Å²) >= 11 is 0. The summed E-state index contributed by atoms with van der Waals surface area (Å²) in [7, 11) is 1.57. The van der Waals surface area contributed by atoms with Crippen LogP contribution in [0.15, 0.2) is 42.6 Å². The molecule has 1 aliphatic rings. The quantitative estimate of drug-likeness (QED) is 0.884.